The zero-order valence-electron chi connectivity index (χ0n) is 22.2. The maximum atomic E-state index is 13.0. The normalized spacial score (nSPS) is 14.1. The third-order valence-corrected chi connectivity index (χ3v) is 8.68. The highest BCUT2D eigenvalue weighted by atomic mass is 32.1. The Kier molecular flexibility index (Phi) is 7.58. The molecule has 0 atom stereocenters. The molecule has 0 aliphatic carbocycles. The van der Waals surface area contributed by atoms with E-state index >= 15 is 0 Å². The Morgan fingerprint density at radius 3 is 2.25 bits per heavy atom. The number of piperidine rings is 1. The summed E-state index contributed by atoms with van der Waals surface area (Å²) in [5, 5.41) is 16.8. The Morgan fingerprint density at radius 1 is 0.850 bits per heavy atom. The van der Waals surface area contributed by atoms with E-state index in [0.717, 1.165) is 64.2 Å². The molecule has 0 spiro atoms. The van der Waals surface area contributed by atoms with Crippen molar-refractivity contribution >= 4 is 39.5 Å². The van der Waals surface area contributed by atoms with Crippen molar-refractivity contribution in [2.24, 2.45) is 5.92 Å². The lowest BCUT2D eigenvalue weighted by Crippen LogP contribution is -2.34. The van der Waals surface area contributed by atoms with Gasteiger partial charge in [0.05, 0.1) is 22.3 Å². The molecule has 40 heavy (non-hydrogen) atoms. The first-order valence-corrected chi connectivity index (χ1v) is 14.6. The van der Waals surface area contributed by atoms with Crippen molar-refractivity contribution in [3.8, 4) is 5.69 Å². The maximum absolute atomic E-state index is 13.0. The zero-order valence-corrected chi connectivity index (χ0v) is 23.0. The molecular weight excluding hydrogens is 518 g/mol. The number of fused-ring (bicyclic) bond motifs is 1. The summed E-state index contributed by atoms with van der Waals surface area (Å²) in [7, 11) is 0. The van der Waals surface area contributed by atoms with Crippen molar-refractivity contribution in [1.82, 2.24) is 9.78 Å². The first kappa shape index (κ1) is 26.2. The van der Waals surface area contributed by atoms with Gasteiger partial charge in [0.25, 0.3) is 0 Å². The van der Waals surface area contributed by atoms with Crippen LogP contribution in [-0.2, 0) is 12.8 Å². The predicted octanol–water partition coefficient (Wildman–Crippen LogP) is 6.15. The second kappa shape index (κ2) is 11.6. The zero-order chi connectivity index (χ0) is 27.5. The van der Waals surface area contributed by atoms with E-state index in [9.17, 15) is 14.7 Å². The Labute approximate surface area is 237 Å². The van der Waals surface area contributed by atoms with E-state index in [0.29, 0.717) is 24.3 Å². The SMILES string of the molecule is O=C(Cc1ccc2c(cnn2-c2ccc(CC(=O)c3cccs3)cc2)c1)c1ccc(N2CCC(CO)CC2)cc1. The molecule has 0 saturated carbocycles. The molecule has 3 heterocycles. The fourth-order valence-electron chi connectivity index (χ4n) is 5.38. The summed E-state index contributed by atoms with van der Waals surface area (Å²) >= 11 is 1.47. The summed E-state index contributed by atoms with van der Waals surface area (Å²) in [5.41, 5.74) is 5.65. The van der Waals surface area contributed by atoms with Crippen molar-refractivity contribution in [3.63, 3.8) is 0 Å². The van der Waals surface area contributed by atoms with Gasteiger partial charge in [0.15, 0.2) is 11.6 Å². The highest BCUT2D eigenvalue weighted by Gasteiger charge is 2.19. The van der Waals surface area contributed by atoms with Gasteiger partial charge in [-0.25, -0.2) is 4.68 Å². The van der Waals surface area contributed by atoms with Gasteiger partial charge >= 0.3 is 0 Å². The standard InChI is InChI=1S/C33H31N3O3S/c37-22-24-13-15-35(16-14-24)28-10-6-26(7-11-28)31(38)20-25-5-12-30-27(18-25)21-34-36(30)29-8-3-23(4-9-29)19-32(39)33-2-1-17-40-33/h1-12,17-18,21,24,37H,13-16,19-20,22H2. The van der Waals surface area contributed by atoms with E-state index in [1.54, 1.807) is 0 Å². The molecule has 5 aromatic rings. The molecule has 0 amide bonds. The van der Waals surface area contributed by atoms with Gasteiger partial charge in [-0.15, -0.1) is 11.3 Å². The van der Waals surface area contributed by atoms with Gasteiger partial charge in [0.2, 0.25) is 0 Å². The Balaban J connectivity index is 1.10. The molecule has 1 fully saturated rings. The highest BCUT2D eigenvalue weighted by Crippen LogP contribution is 2.25. The quantitative estimate of drug-likeness (QED) is 0.223. The summed E-state index contributed by atoms with van der Waals surface area (Å²) in [4.78, 5) is 28.6. The number of aliphatic hydroxyl groups is 1. The molecule has 6 nitrogen and oxygen atoms in total. The van der Waals surface area contributed by atoms with Crippen LogP contribution in [0.3, 0.4) is 0 Å². The Hall–Kier alpha value is -4.07. The lowest BCUT2D eigenvalue weighted by molar-refractivity contribution is 0.0986. The van der Waals surface area contributed by atoms with Crippen molar-refractivity contribution < 1.29 is 14.7 Å². The van der Waals surface area contributed by atoms with E-state index in [4.69, 9.17) is 0 Å². The maximum Gasteiger partial charge on any atom is 0.177 e. The largest absolute Gasteiger partial charge is 0.396 e. The molecule has 6 rings (SSSR count). The van der Waals surface area contributed by atoms with Crippen molar-refractivity contribution in [2.75, 3.05) is 24.6 Å². The number of aromatic nitrogens is 2. The summed E-state index contributed by atoms with van der Waals surface area (Å²) < 4.78 is 1.88. The van der Waals surface area contributed by atoms with Gasteiger partial charge in [-0.3, -0.25) is 9.59 Å². The Bertz CT molecular complexity index is 1610. The van der Waals surface area contributed by atoms with E-state index in [2.05, 4.69) is 10.00 Å². The highest BCUT2D eigenvalue weighted by molar-refractivity contribution is 7.12. The number of hydrogen-bond donors (Lipinski definition) is 1. The van der Waals surface area contributed by atoms with Gasteiger partial charge in [-0.05, 0) is 89.9 Å². The second-order valence-electron chi connectivity index (χ2n) is 10.5. The van der Waals surface area contributed by atoms with Crippen LogP contribution in [0.1, 0.15) is 44.0 Å². The van der Waals surface area contributed by atoms with Crippen molar-refractivity contribution in [2.45, 2.75) is 25.7 Å². The fraction of sp³-hybridized carbons (Fsp3) is 0.242. The molecule has 1 saturated heterocycles. The topological polar surface area (TPSA) is 75.4 Å². The van der Waals surface area contributed by atoms with E-state index < -0.39 is 0 Å². The number of benzene rings is 3. The predicted molar refractivity (Wildman–Crippen MR) is 160 cm³/mol. The third kappa shape index (κ3) is 5.62. The van der Waals surface area contributed by atoms with Crippen molar-refractivity contribution in [1.29, 1.82) is 0 Å². The van der Waals surface area contributed by atoms with Crippen LogP contribution < -0.4 is 4.90 Å². The minimum atomic E-state index is 0.0879. The first-order chi connectivity index (χ1) is 19.6. The number of carbonyl (C=O) groups is 2. The minimum absolute atomic E-state index is 0.0879. The number of rotatable bonds is 9. The summed E-state index contributed by atoms with van der Waals surface area (Å²) in [6.45, 7) is 2.14. The number of nitrogens with zero attached hydrogens (tertiary/aromatic N) is 3. The minimum Gasteiger partial charge on any atom is -0.396 e. The van der Waals surface area contributed by atoms with Crippen LogP contribution in [0.5, 0.6) is 0 Å². The van der Waals surface area contributed by atoms with Crippen LogP contribution >= 0.6 is 11.3 Å². The first-order valence-electron chi connectivity index (χ1n) is 13.7. The van der Waals surface area contributed by atoms with Gasteiger partial charge < -0.3 is 10.0 Å². The number of Topliss-reactive ketones (excluding diaryl/α,β-unsaturated/α-hetero) is 2. The average molecular weight is 550 g/mol. The Morgan fingerprint density at radius 2 is 1.55 bits per heavy atom. The molecule has 0 unspecified atom stereocenters. The average Bonchev–Trinajstić information content (AvgIpc) is 3.69. The molecule has 3 aromatic carbocycles. The van der Waals surface area contributed by atoms with Crippen LogP contribution in [0.15, 0.2) is 90.4 Å². The number of hydrogen-bond acceptors (Lipinski definition) is 6. The molecule has 2 aromatic heterocycles. The molecule has 0 bridgehead atoms. The molecule has 0 radical (unpaired) electrons. The molecular formula is C33H31N3O3S. The fourth-order valence-corrected chi connectivity index (χ4v) is 6.05. The van der Waals surface area contributed by atoms with E-state index in [1.165, 1.54) is 11.3 Å². The molecule has 1 aliphatic heterocycles. The lowest BCUT2D eigenvalue weighted by Gasteiger charge is -2.32. The monoisotopic (exact) mass is 549 g/mol. The van der Waals surface area contributed by atoms with Crippen molar-refractivity contribution in [3.05, 3.63) is 112 Å². The molecule has 7 heteroatoms. The van der Waals surface area contributed by atoms with Crippen LogP contribution in [0.25, 0.3) is 16.6 Å². The number of anilines is 1. The van der Waals surface area contributed by atoms with Gasteiger partial charge in [0, 0.05) is 49.2 Å². The lowest BCUT2D eigenvalue weighted by atomic mass is 9.97. The number of thiophene rings is 1. The number of carbonyl (C=O) groups excluding carboxylic acids is 2. The van der Waals surface area contributed by atoms with E-state index in [1.807, 2.05) is 95.1 Å². The summed E-state index contributed by atoms with van der Waals surface area (Å²) in [6, 6.07) is 25.6. The summed E-state index contributed by atoms with van der Waals surface area (Å²) in [6.07, 6.45) is 4.53. The van der Waals surface area contributed by atoms with Crippen LogP contribution in [0.4, 0.5) is 5.69 Å². The number of ketones is 2. The van der Waals surface area contributed by atoms with E-state index in [-0.39, 0.29) is 18.2 Å². The van der Waals surface area contributed by atoms with Crippen LogP contribution in [-0.4, -0.2) is 46.1 Å². The molecule has 1 aliphatic rings. The van der Waals surface area contributed by atoms with Crippen LogP contribution in [0, 0.1) is 5.92 Å². The van der Waals surface area contributed by atoms with Crippen LogP contribution in [0.2, 0.25) is 0 Å². The number of aliphatic hydroxyl groups excluding tert-OH is 1. The molecule has 1 N–H and O–H groups in total. The van der Waals surface area contributed by atoms with Gasteiger partial charge in [-0.2, -0.15) is 5.10 Å². The smallest absolute Gasteiger partial charge is 0.177 e. The van der Waals surface area contributed by atoms with Gasteiger partial charge in [0.1, 0.15) is 0 Å². The van der Waals surface area contributed by atoms with Gasteiger partial charge in [-0.1, -0.05) is 24.3 Å². The third-order valence-electron chi connectivity index (χ3n) is 7.77. The summed E-state index contributed by atoms with van der Waals surface area (Å²) in [5.74, 6) is 0.620. The second-order valence-corrected chi connectivity index (χ2v) is 11.4. The molecule has 202 valence electrons.